The van der Waals surface area contributed by atoms with Crippen LogP contribution in [0, 0.1) is 5.92 Å². The minimum Gasteiger partial charge on any atom is -0.396 e. The number of hydrogen-bond donors (Lipinski definition) is 2. The van der Waals surface area contributed by atoms with Crippen LogP contribution in [0.5, 0.6) is 0 Å². The average Bonchev–Trinajstić information content (AvgIpc) is 3.30. The lowest BCUT2D eigenvalue weighted by Crippen LogP contribution is -2.38. The second-order valence-electron chi connectivity index (χ2n) is 6.52. The largest absolute Gasteiger partial charge is 0.396 e. The van der Waals surface area contributed by atoms with E-state index in [1.807, 2.05) is 24.3 Å². The number of aliphatic hydroxyl groups is 1. The molecule has 1 unspecified atom stereocenters. The van der Waals surface area contributed by atoms with Crippen molar-refractivity contribution in [1.29, 1.82) is 0 Å². The Bertz CT molecular complexity index is 566. The lowest BCUT2D eigenvalue weighted by atomic mass is 10.1. The van der Waals surface area contributed by atoms with Crippen LogP contribution in [0.15, 0.2) is 24.3 Å². The number of hydrogen-bond acceptors (Lipinski definition) is 3. The van der Waals surface area contributed by atoms with Gasteiger partial charge in [-0.05, 0) is 49.3 Å². The first-order valence-corrected chi connectivity index (χ1v) is 8.47. The SMILES string of the molecule is O=C(Cc1ccc(N2CCCC2=O)cc1)NC(CCO)C1CC1. The Morgan fingerprint density at radius 3 is 2.61 bits per heavy atom. The van der Waals surface area contributed by atoms with Gasteiger partial charge in [-0.2, -0.15) is 0 Å². The third-order valence-electron chi connectivity index (χ3n) is 4.66. The highest BCUT2D eigenvalue weighted by Crippen LogP contribution is 2.34. The van der Waals surface area contributed by atoms with Gasteiger partial charge in [-0.25, -0.2) is 0 Å². The van der Waals surface area contributed by atoms with E-state index < -0.39 is 0 Å². The number of nitrogens with zero attached hydrogens (tertiary/aromatic N) is 1. The van der Waals surface area contributed by atoms with Crippen LogP contribution in [0.3, 0.4) is 0 Å². The van der Waals surface area contributed by atoms with E-state index >= 15 is 0 Å². The maximum Gasteiger partial charge on any atom is 0.227 e. The summed E-state index contributed by atoms with van der Waals surface area (Å²) < 4.78 is 0. The number of anilines is 1. The minimum atomic E-state index is 0.000323. The molecule has 0 spiro atoms. The molecule has 1 atom stereocenters. The van der Waals surface area contributed by atoms with Gasteiger partial charge in [-0.1, -0.05) is 12.1 Å². The van der Waals surface area contributed by atoms with E-state index in [0.717, 1.165) is 37.1 Å². The summed E-state index contributed by atoms with van der Waals surface area (Å²) in [5, 5.41) is 12.1. The quantitative estimate of drug-likeness (QED) is 0.803. The van der Waals surface area contributed by atoms with Gasteiger partial charge in [0.15, 0.2) is 0 Å². The van der Waals surface area contributed by atoms with Crippen molar-refractivity contribution in [3.8, 4) is 0 Å². The molecule has 1 saturated carbocycles. The summed E-state index contributed by atoms with van der Waals surface area (Å²) in [6, 6.07) is 7.77. The minimum absolute atomic E-state index is 0.000323. The van der Waals surface area contributed by atoms with Gasteiger partial charge in [0.2, 0.25) is 11.8 Å². The zero-order valence-electron chi connectivity index (χ0n) is 13.3. The molecule has 5 nitrogen and oxygen atoms in total. The van der Waals surface area contributed by atoms with Gasteiger partial charge in [-0.3, -0.25) is 9.59 Å². The molecule has 2 amide bonds. The van der Waals surface area contributed by atoms with Crippen molar-refractivity contribution in [3.63, 3.8) is 0 Å². The van der Waals surface area contributed by atoms with Crippen LogP contribution < -0.4 is 10.2 Å². The molecule has 2 fully saturated rings. The van der Waals surface area contributed by atoms with Crippen LogP contribution in [0.2, 0.25) is 0 Å². The molecule has 1 heterocycles. The zero-order chi connectivity index (χ0) is 16.2. The Balaban J connectivity index is 1.55. The average molecular weight is 316 g/mol. The highest BCUT2D eigenvalue weighted by molar-refractivity contribution is 5.95. The molecule has 1 aliphatic heterocycles. The van der Waals surface area contributed by atoms with E-state index in [9.17, 15) is 9.59 Å². The second-order valence-corrected chi connectivity index (χ2v) is 6.52. The van der Waals surface area contributed by atoms with Crippen LogP contribution in [-0.2, 0) is 16.0 Å². The molecular weight excluding hydrogens is 292 g/mol. The highest BCUT2D eigenvalue weighted by Gasteiger charge is 2.31. The fourth-order valence-corrected chi connectivity index (χ4v) is 3.22. The summed E-state index contributed by atoms with van der Waals surface area (Å²) in [4.78, 5) is 25.7. The topological polar surface area (TPSA) is 69.6 Å². The molecule has 2 N–H and O–H groups in total. The Morgan fingerprint density at radius 2 is 2.04 bits per heavy atom. The molecule has 2 aliphatic rings. The van der Waals surface area contributed by atoms with E-state index in [4.69, 9.17) is 5.11 Å². The highest BCUT2D eigenvalue weighted by atomic mass is 16.3. The van der Waals surface area contributed by atoms with E-state index in [0.29, 0.717) is 25.2 Å². The summed E-state index contributed by atoms with van der Waals surface area (Å²) in [6.07, 6.45) is 4.79. The van der Waals surface area contributed by atoms with Gasteiger partial charge in [0.05, 0.1) is 6.42 Å². The Labute approximate surface area is 136 Å². The molecule has 1 aliphatic carbocycles. The second kappa shape index (κ2) is 7.13. The third-order valence-corrected chi connectivity index (χ3v) is 4.66. The fraction of sp³-hybridized carbons (Fsp3) is 0.556. The van der Waals surface area contributed by atoms with Crippen molar-refractivity contribution in [3.05, 3.63) is 29.8 Å². The summed E-state index contributed by atoms with van der Waals surface area (Å²) in [5.41, 5.74) is 1.85. The number of benzene rings is 1. The van der Waals surface area contributed by atoms with E-state index in [1.54, 1.807) is 4.90 Å². The van der Waals surface area contributed by atoms with Crippen LogP contribution in [0.4, 0.5) is 5.69 Å². The lowest BCUT2D eigenvalue weighted by molar-refractivity contribution is -0.121. The van der Waals surface area contributed by atoms with Crippen LogP contribution >= 0.6 is 0 Å². The van der Waals surface area contributed by atoms with Crippen LogP contribution in [-0.4, -0.2) is 36.1 Å². The Kier molecular flexibility index (Phi) is 4.96. The summed E-state index contributed by atoms with van der Waals surface area (Å²) in [7, 11) is 0. The molecule has 1 aromatic rings. The predicted octanol–water partition coefficient (Wildman–Crippen LogP) is 1.63. The van der Waals surface area contributed by atoms with Crippen LogP contribution in [0.25, 0.3) is 0 Å². The number of rotatable bonds is 7. The molecule has 23 heavy (non-hydrogen) atoms. The Hall–Kier alpha value is -1.88. The summed E-state index contributed by atoms with van der Waals surface area (Å²) in [6.45, 7) is 0.892. The van der Waals surface area contributed by atoms with Gasteiger partial charge in [-0.15, -0.1) is 0 Å². The van der Waals surface area contributed by atoms with Crippen molar-refractivity contribution in [2.75, 3.05) is 18.1 Å². The molecule has 0 radical (unpaired) electrons. The number of nitrogens with one attached hydrogen (secondary N) is 1. The lowest BCUT2D eigenvalue weighted by Gasteiger charge is -2.18. The third kappa shape index (κ3) is 4.10. The molecule has 124 valence electrons. The smallest absolute Gasteiger partial charge is 0.227 e. The number of amides is 2. The van der Waals surface area contributed by atoms with E-state index in [1.165, 1.54) is 0 Å². The maximum absolute atomic E-state index is 12.2. The molecule has 1 aromatic carbocycles. The van der Waals surface area contributed by atoms with Crippen molar-refractivity contribution >= 4 is 17.5 Å². The first-order chi connectivity index (χ1) is 11.2. The standard InChI is InChI=1S/C18H24N2O3/c21-11-9-16(14-5-6-14)19-17(22)12-13-3-7-15(8-4-13)20-10-1-2-18(20)23/h3-4,7-8,14,16,21H,1-2,5-6,9-12H2,(H,19,22). The monoisotopic (exact) mass is 316 g/mol. The predicted molar refractivity (Wildman–Crippen MR) is 88.1 cm³/mol. The first-order valence-electron chi connectivity index (χ1n) is 8.47. The van der Waals surface area contributed by atoms with Gasteiger partial charge in [0.25, 0.3) is 0 Å². The molecule has 0 aromatic heterocycles. The van der Waals surface area contributed by atoms with E-state index in [2.05, 4.69) is 5.32 Å². The van der Waals surface area contributed by atoms with Crippen molar-refractivity contribution in [2.45, 2.75) is 44.6 Å². The number of carbonyl (C=O) groups is 2. The zero-order valence-corrected chi connectivity index (χ0v) is 13.3. The maximum atomic E-state index is 12.2. The van der Waals surface area contributed by atoms with Gasteiger partial charge in [0, 0.05) is 31.3 Å². The first kappa shape index (κ1) is 16.0. The number of aliphatic hydroxyl groups excluding tert-OH is 1. The summed E-state index contributed by atoms with van der Waals surface area (Å²) >= 11 is 0. The number of carbonyl (C=O) groups excluding carboxylic acids is 2. The molecular formula is C18H24N2O3. The molecule has 3 rings (SSSR count). The molecule has 5 heteroatoms. The van der Waals surface area contributed by atoms with Gasteiger partial charge >= 0.3 is 0 Å². The normalized spacial score (nSPS) is 19.0. The van der Waals surface area contributed by atoms with Crippen LogP contribution in [0.1, 0.15) is 37.7 Å². The van der Waals surface area contributed by atoms with Gasteiger partial charge in [0.1, 0.15) is 0 Å². The Morgan fingerprint density at radius 1 is 1.30 bits per heavy atom. The van der Waals surface area contributed by atoms with Gasteiger partial charge < -0.3 is 15.3 Å². The molecule has 1 saturated heterocycles. The van der Waals surface area contributed by atoms with Crippen molar-refractivity contribution in [2.24, 2.45) is 5.92 Å². The van der Waals surface area contributed by atoms with E-state index in [-0.39, 0.29) is 24.5 Å². The summed E-state index contributed by atoms with van der Waals surface area (Å²) in [5.74, 6) is 0.710. The molecule has 0 bridgehead atoms. The fourth-order valence-electron chi connectivity index (χ4n) is 3.22. The van der Waals surface area contributed by atoms with Crippen molar-refractivity contribution < 1.29 is 14.7 Å². The van der Waals surface area contributed by atoms with Crippen molar-refractivity contribution in [1.82, 2.24) is 5.32 Å².